The van der Waals surface area contributed by atoms with E-state index in [0.717, 1.165) is 0 Å². The number of anilines is 3. The van der Waals surface area contributed by atoms with E-state index >= 15 is 0 Å². The maximum atomic E-state index is 12.2. The molecule has 0 amide bonds. The third kappa shape index (κ3) is 4.24. The molecule has 112 valence electrons. The van der Waals surface area contributed by atoms with Crippen molar-refractivity contribution in [3.8, 4) is 5.75 Å². The third-order valence-electron chi connectivity index (χ3n) is 2.36. The summed E-state index contributed by atoms with van der Waals surface area (Å²) in [5.74, 6) is -0.324. The van der Waals surface area contributed by atoms with Crippen molar-refractivity contribution in [2.24, 2.45) is 0 Å². The zero-order valence-corrected chi connectivity index (χ0v) is 13.4. The van der Waals surface area contributed by atoms with E-state index in [1.165, 1.54) is 24.4 Å². The Morgan fingerprint density at radius 1 is 1.14 bits per heavy atom. The van der Waals surface area contributed by atoms with Crippen molar-refractivity contribution < 1.29 is 17.9 Å². The van der Waals surface area contributed by atoms with Crippen molar-refractivity contribution in [2.45, 2.75) is 6.36 Å². The van der Waals surface area contributed by atoms with Gasteiger partial charge in [0.25, 0.3) is 0 Å². The molecular formula is C12H8Br2F3N3O. The number of halogens is 5. The molecule has 0 saturated carbocycles. The molecule has 2 rings (SSSR count). The Morgan fingerprint density at radius 3 is 2.43 bits per heavy atom. The molecule has 0 spiro atoms. The molecular weight excluding hydrogens is 419 g/mol. The van der Waals surface area contributed by atoms with Crippen molar-refractivity contribution in [1.82, 2.24) is 4.98 Å². The molecule has 1 aromatic heterocycles. The third-order valence-corrected chi connectivity index (χ3v) is 3.58. The van der Waals surface area contributed by atoms with E-state index in [1.807, 2.05) is 0 Å². The molecule has 9 heteroatoms. The molecule has 0 radical (unpaired) electrons. The highest BCUT2D eigenvalue weighted by atomic mass is 79.9. The number of aromatic nitrogens is 1. The maximum absolute atomic E-state index is 12.2. The number of benzene rings is 1. The van der Waals surface area contributed by atoms with Gasteiger partial charge < -0.3 is 15.8 Å². The van der Waals surface area contributed by atoms with Crippen LogP contribution in [0.3, 0.4) is 0 Å². The summed E-state index contributed by atoms with van der Waals surface area (Å²) >= 11 is 6.32. The van der Waals surface area contributed by atoms with Gasteiger partial charge in [-0.15, -0.1) is 13.2 Å². The maximum Gasteiger partial charge on any atom is 0.573 e. The number of nitrogens with zero attached hydrogens (tertiary/aromatic N) is 1. The van der Waals surface area contributed by atoms with Gasteiger partial charge in [-0.1, -0.05) is 0 Å². The van der Waals surface area contributed by atoms with Crippen molar-refractivity contribution >= 4 is 48.9 Å². The number of nitrogen functional groups attached to an aromatic ring is 1. The number of hydrogen-bond acceptors (Lipinski definition) is 4. The van der Waals surface area contributed by atoms with E-state index in [9.17, 15) is 13.2 Å². The minimum absolute atomic E-state index is 0.161. The summed E-state index contributed by atoms with van der Waals surface area (Å²) in [4.78, 5) is 3.89. The summed E-state index contributed by atoms with van der Waals surface area (Å²) in [7, 11) is 0. The lowest BCUT2D eigenvalue weighted by Crippen LogP contribution is -2.17. The molecule has 0 aliphatic heterocycles. The van der Waals surface area contributed by atoms with Gasteiger partial charge in [-0.2, -0.15) is 0 Å². The van der Waals surface area contributed by atoms with Gasteiger partial charge >= 0.3 is 6.36 Å². The van der Waals surface area contributed by atoms with Crippen LogP contribution in [0, 0.1) is 0 Å². The minimum atomic E-state index is -4.74. The van der Waals surface area contributed by atoms with Crippen LogP contribution in [-0.2, 0) is 0 Å². The Labute approximate surface area is 134 Å². The second-order valence-electron chi connectivity index (χ2n) is 3.90. The highest BCUT2D eigenvalue weighted by molar-refractivity contribution is 9.11. The van der Waals surface area contributed by atoms with Crippen LogP contribution in [0.25, 0.3) is 0 Å². The molecule has 2 aromatic rings. The summed E-state index contributed by atoms with van der Waals surface area (Å²) in [5.41, 5.74) is 7.29. The molecule has 4 nitrogen and oxygen atoms in total. The lowest BCUT2D eigenvalue weighted by molar-refractivity contribution is -0.274. The van der Waals surface area contributed by atoms with Gasteiger partial charge in [0.2, 0.25) is 0 Å². The van der Waals surface area contributed by atoms with E-state index in [2.05, 4.69) is 46.9 Å². The fourth-order valence-corrected chi connectivity index (χ4v) is 2.42. The second kappa shape index (κ2) is 6.10. The molecule has 0 aliphatic rings. The van der Waals surface area contributed by atoms with E-state index in [4.69, 9.17) is 5.73 Å². The fourth-order valence-electron chi connectivity index (χ4n) is 1.51. The molecule has 1 aromatic carbocycles. The quantitative estimate of drug-likeness (QED) is 0.737. The predicted octanol–water partition coefficient (Wildman–Crippen LogP) is 4.83. The molecule has 1 heterocycles. The summed E-state index contributed by atoms with van der Waals surface area (Å²) in [6.45, 7) is 0. The van der Waals surface area contributed by atoms with Gasteiger partial charge in [-0.25, -0.2) is 0 Å². The summed E-state index contributed by atoms with van der Waals surface area (Å²) in [5, 5.41) is 2.99. The van der Waals surface area contributed by atoms with Crippen LogP contribution in [0.2, 0.25) is 0 Å². The van der Waals surface area contributed by atoms with E-state index in [1.54, 1.807) is 6.20 Å². The minimum Gasteiger partial charge on any atom is -0.405 e. The number of alkyl halides is 3. The Hall–Kier alpha value is -1.48. The average molecular weight is 427 g/mol. The zero-order chi connectivity index (χ0) is 15.6. The molecule has 0 saturated heterocycles. The van der Waals surface area contributed by atoms with Gasteiger partial charge in [-0.05, 0) is 50.1 Å². The first-order valence-electron chi connectivity index (χ1n) is 5.47. The number of hydrogen-bond donors (Lipinski definition) is 2. The first-order valence-corrected chi connectivity index (χ1v) is 7.06. The van der Waals surface area contributed by atoms with Crippen molar-refractivity contribution in [2.75, 3.05) is 11.1 Å². The van der Waals surface area contributed by atoms with E-state index in [-0.39, 0.29) is 10.2 Å². The predicted molar refractivity (Wildman–Crippen MR) is 80.5 cm³/mol. The van der Waals surface area contributed by atoms with E-state index < -0.39 is 6.36 Å². The van der Waals surface area contributed by atoms with Crippen LogP contribution in [-0.4, -0.2) is 11.3 Å². The topological polar surface area (TPSA) is 60.2 Å². The van der Waals surface area contributed by atoms with Gasteiger partial charge in [-0.3, -0.25) is 4.98 Å². The summed E-state index contributed by atoms with van der Waals surface area (Å²) < 4.78 is 41.2. The van der Waals surface area contributed by atoms with Crippen LogP contribution in [0.5, 0.6) is 5.75 Å². The molecule has 21 heavy (non-hydrogen) atoms. The molecule has 0 bridgehead atoms. The number of rotatable bonds is 3. The zero-order valence-electron chi connectivity index (χ0n) is 10.2. The Bertz CT molecular complexity index is 644. The fraction of sp³-hybridized carbons (Fsp3) is 0.0833. The highest BCUT2D eigenvalue weighted by Gasteiger charge is 2.31. The van der Waals surface area contributed by atoms with Crippen molar-refractivity contribution in [1.29, 1.82) is 0 Å². The van der Waals surface area contributed by atoms with Crippen molar-refractivity contribution in [3.63, 3.8) is 0 Å². The molecule has 3 N–H and O–H groups in total. The van der Waals surface area contributed by atoms with Crippen molar-refractivity contribution in [3.05, 3.63) is 39.5 Å². The number of ether oxygens (including phenoxy) is 1. The number of pyridine rings is 1. The van der Waals surface area contributed by atoms with Gasteiger partial charge in [0, 0.05) is 11.9 Å². The van der Waals surface area contributed by atoms with Gasteiger partial charge in [0.1, 0.15) is 5.75 Å². The highest BCUT2D eigenvalue weighted by Crippen LogP contribution is 2.35. The summed E-state index contributed by atoms with van der Waals surface area (Å²) in [6.07, 6.45) is -1.73. The van der Waals surface area contributed by atoms with Crippen LogP contribution in [0.15, 0.2) is 39.5 Å². The first-order chi connectivity index (χ1) is 9.76. The molecule has 0 atom stereocenters. The standard InChI is InChI=1S/C12H8Br2F3N3O/c13-7-3-6(1-2-10(7)21-12(15,16)17)20-11-8(14)4-19-5-9(11)18/h1-5H,18H2,(H,19,20). The van der Waals surface area contributed by atoms with Crippen LogP contribution < -0.4 is 15.8 Å². The number of nitrogens with two attached hydrogens (primary N) is 1. The van der Waals surface area contributed by atoms with Gasteiger partial charge in [0.15, 0.2) is 0 Å². The smallest absolute Gasteiger partial charge is 0.405 e. The molecule has 0 unspecified atom stereocenters. The van der Waals surface area contributed by atoms with Crippen LogP contribution >= 0.6 is 31.9 Å². The second-order valence-corrected chi connectivity index (χ2v) is 5.61. The molecule has 0 fully saturated rings. The average Bonchev–Trinajstić information content (AvgIpc) is 2.36. The normalized spacial score (nSPS) is 11.3. The first kappa shape index (κ1) is 15.9. The Morgan fingerprint density at radius 2 is 1.86 bits per heavy atom. The molecule has 0 aliphatic carbocycles. The van der Waals surface area contributed by atoms with Gasteiger partial charge in [0.05, 0.1) is 26.5 Å². The van der Waals surface area contributed by atoms with Crippen LogP contribution in [0.4, 0.5) is 30.2 Å². The summed E-state index contributed by atoms with van der Waals surface area (Å²) in [6, 6.07) is 4.09. The Kier molecular flexibility index (Phi) is 4.62. The Balaban J connectivity index is 2.25. The lowest BCUT2D eigenvalue weighted by Gasteiger charge is -2.14. The monoisotopic (exact) mass is 425 g/mol. The van der Waals surface area contributed by atoms with Crippen LogP contribution in [0.1, 0.15) is 0 Å². The lowest BCUT2D eigenvalue weighted by atomic mass is 10.2. The SMILES string of the molecule is Nc1cncc(Br)c1Nc1ccc(OC(F)(F)F)c(Br)c1. The largest absolute Gasteiger partial charge is 0.573 e. The number of nitrogens with one attached hydrogen (secondary N) is 1. The van der Waals surface area contributed by atoms with E-state index in [0.29, 0.717) is 21.5 Å².